The number of aromatic nitrogens is 2. The number of nitrogens with zero attached hydrogens (tertiary/aromatic N) is 4. The predicted molar refractivity (Wildman–Crippen MR) is 174 cm³/mol. The van der Waals surface area contributed by atoms with Crippen molar-refractivity contribution in [2.75, 3.05) is 26.2 Å². The summed E-state index contributed by atoms with van der Waals surface area (Å²) in [6.07, 6.45) is 1.70. The third-order valence-corrected chi connectivity index (χ3v) is 8.94. The number of rotatable bonds is 13. The molecule has 0 N–H and O–H groups in total. The maximum absolute atomic E-state index is 14.0. The number of hydrogen-bond donors (Lipinski definition) is 0. The molecule has 1 heterocycles. The zero-order valence-electron chi connectivity index (χ0n) is 25.1. The van der Waals surface area contributed by atoms with Crippen LogP contribution < -0.4 is 5.56 Å². The van der Waals surface area contributed by atoms with Crippen molar-refractivity contribution in [1.29, 1.82) is 0 Å². The highest BCUT2D eigenvalue weighted by atomic mass is 35.5. The number of benzene rings is 3. The quantitative estimate of drug-likeness (QED) is 0.117. The second kappa shape index (κ2) is 15.3. The van der Waals surface area contributed by atoms with E-state index in [0.29, 0.717) is 28.0 Å². The van der Waals surface area contributed by atoms with Gasteiger partial charge in [0.25, 0.3) is 5.56 Å². The molecule has 1 aromatic heterocycles. The number of hydrogen-bond acceptors (Lipinski definition) is 5. The first-order valence-electron chi connectivity index (χ1n) is 14.5. The van der Waals surface area contributed by atoms with Crippen LogP contribution in [-0.2, 0) is 17.1 Å². The van der Waals surface area contributed by atoms with E-state index < -0.39 is 0 Å². The molecule has 1 amide bonds. The molecule has 0 saturated heterocycles. The SMILES string of the molecule is CCN(CC)CCN(C(=O)Cn1cc(C)c(=O)nc1SCc1ccc(F)cc1)[C@@H](C)c1ccc(-c2ccc(Cl)cc2)cc1. The Morgan fingerprint density at radius 3 is 2.16 bits per heavy atom. The molecule has 0 aliphatic heterocycles. The first-order chi connectivity index (χ1) is 20.7. The number of thioether (sulfide) groups is 1. The van der Waals surface area contributed by atoms with Crippen molar-refractivity contribution < 1.29 is 9.18 Å². The lowest BCUT2D eigenvalue weighted by Crippen LogP contribution is -2.42. The van der Waals surface area contributed by atoms with E-state index in [2.05, 4.69) is 54.9 Å². The zero-order valence-corrected chi connectivity index (χ0v) is 26.7. The molecule has 0 aliphatic rings. The first kappa shape index (κ1) is 32.5. The summed E-state index contributed by atoms with van der Waals surface area (Å²) >= 11 is 7.42. The van der Waals surface area contributed by atoms with Crippen LogP contribution in [0.15, 0.2) is 88.9 Å². The Kier molecular flexibility index (Phi) is 11.6. The van der Waals surface area contributed by atoms with Gasteiger partial charge in [-0.15, -0.1) is 0 Å². The van der Waals surface area contributed by atoms with Crippen LogP contribution >= 0.6 is 23.4 Å². The zero-order chi connectivity index (χ0) is 30.9. The minimum absolute atomic E-state index is 0.0469. The summed E-state index contributed by atoms with van der Waals surface area (Å²) in [7, 11) is 0. The van der Waals surface area contributed by atoms with E-state index in [1.165, 1.54) is 23.9 Å². The fourth-order valence-electron chi connectivity index (χ4n) is 4.88. The lowest BCUT2D eigenvalue weighted by atomic mass is 10.0. The Morgan fingerprint density at radius 2 is 1.56 bits per heavy atom. The molecule has 3 aromatic carbocycles. The number of amides is 1. The van der Waals surface area contributed by atoms with E-state index in [1.54, 1.807) is 29.8 Å². The second-order valence-corrected chi connectivity index (χ2v) is 11.9. The van der Waals surface area contributed by atoms with Crippen molar-refractivity contribution in [3.05, 3.63) is 117 Å². The maximum Gasteiger partial charge on any atom is 0.276 e. The number of likely N-dealkylation sites (N-methyl/N-ethyl adjacent to an activating group) is 1. The van der Waals surface area contributed by atoms with E-state index >= 15 is 0 Å². The molecule has 0 bridgehead atoms. The molecule has 0 radical (unpaired) electrons. The molecule has 1 atom stereocenters. The van der Waals surface area contributed by atoms with Gasteiger partial charge in [0.05, 0.1) is 6.04 Å². The number of aryl methyl sites for hydroxylation is 1. The topological polar surface area (TPSA) is 58.4 Å². The summed E-state index contributed by atoms with van der Waals surface area (Å²) < 4.78 is 15.1. The molecule has 226 valence electrons. The van der Waals surface area contributed by atoms with Crippen LogP contribution in [0.25, 0.3) is 11.1 Å². The van der Waals surface area contributed by atoms with Crippen molar-refractivity contribution in [3.63, 3.8) is 0 Å². The highest BCUT2D eigenvalue weighted by Gasteiger charge is 2.23. The van der Waals surface area contributed by atoms with Gasteiger partial charge in [0.15, 0.2) is 5.16 Å². The van der Waals surface area contributed by atoms with Gasteiger partial charge < -0.3 is 14.4 Å². The molecule has 0 spiro atoms. The number of carbonyl (C=O) groups is 1. The van der Waals surface area contributed by atoms with Crippen LogP contribution in [0.1, 0.15) is 43.5 Å². The Hall–Kier alpha value is -3.46. The molecule has 9 heteroatoms. The highest BCUT2D eigenvalue weighted by Crippen LogP contribution is 2.27. The Morgan fingerprint density at radius 1 is 0.953 bits per heavy atom. The van der Waals surface area contributed by atoms with Gasteiger partial charge in [-0.05, 0) is 73.5 Å². The summed E-state index contributed by atoms with van der Waals surface area (Å²) in [6.45, 7) is 11.1. The van der Waals surface area contributed by atoms with Crippen molar-refractivity contribution in [3.8, 4) is 11.1 Å². The molecular formula is C34H38ClFN4O2S. The van der Waals surface area contributed by atoms with Crippen LogP contribution in [0, 0.1) is 12.7 Å². The van der Waals surface area contributed by atoms with E-state index in [0.717, 1.165) is 41.9 Å². The largest absolute Gasteiger partial charge is 0.333 e. The lowest BCUT2D eigenvalue weighted by molar-refractivity contribution is -0.134. The van der Waals surface area contributed by atoms with Gasteiger partial charge in [-0.3, -0.25) is 9.59 Å². The third-order valence-electron chi connectivity index (χ3n) is 7.63. The van der Waals surface area contributed by atoms with Gasteiger partial charge in [0.1, 0.15) is 12.4 Å². The molecule has 4 aromatic rings. The number of carbonyl (C=O) groups excluding carboxylic acids is 1. The minimum atomic E-state index is -0.321. The summed E-state index contributed by atoms with van der Waals surface area (Å²) in [6, 6.07) is 22.1. The van der Waals surface area contributed by atoms with E-state index in [4.69, 9.17) is 11.6 Å². The Bertz CT molecular complexity index is 1560. The van der Waals surface area contributed by atoms with Gasteiger partial charge in [0.2, 0.25) is 5.91 Å². The molecule has 4 rings (SSSR count). The van der Waals surface area contributed by atoms with Crippen molar-refractivity contribution in [1.82, 2.24) is 19.4 Å². The molecule has 0 aliphatic carbocycles. The monoisotopic (exact) mass is 620 g/mol. The highest BCUT2D eigenvalue weighted by molar-refractivity contribution is 7.98. The van der Waals surface area contributed by atoms with Gasteiger partial charge in [-0.1, -0.05) is 85.7 Å². The van der Waals surface area contributed by atoms with Crippen molar-refractivity contribution in [2.45, 2.75) is 51.2 Å². The number of halogens is 2. The average molecular weight is 621 g/mol. The van der Waals surface area contributed by atoms with Crippen molar-refractivity contribution >= 4 is 29.3 Å². The molecule has 0 saturated carbocycles. The van der Waals surface area contributed by atoms with Gasteiger partial charge >= 0.3 is 0 Å². The van der Waals surface area contributed by atoms with E-state index in [-0.39, 0.29) is 29.9 Å². The molecular weight excluding hydrogens is 583 g/mol. The fourth-order valence-corrected chi connectivity index (χ4v) is 5.92. The predicted octanol–water partition coefficient (Wildman–Crippen LogP) is 7.24. The van der Waals surface area contributed by atoms with Crippen molar-refractivity contribution in [2.24, 2.45) is 0 Å². The first-order valence-corrected chi connectivity index (χ1v) is 15.9. The lowest BCUT2D eigenvalue weighted by Gasteiger charge is -2.32. The van der Waals surface area contributed by atoms with E-state index in [9.17, 15) is 14.0 Å². The van der Waals surface area contributed by atoms with Crippen LogP contribution in [0.3, 0.4) is 0 Å². The smallest absolute Gasteiger partial charge is 0.276 e. The summed E-state index contributed by atoms with van der Waals surface area (Å²) in [5, 5.41) is 1.15. The Balaban J connectivity index is 1.57. The van der Waals surface area contributed by atoms with Gasteiger partial charge in [0, 0.05) is 35.6 Å². The molecule has 0 unspecified atom stereocenters. The normalized spacial score (nSPS) is 12.0. The van der Waals surface area contributed by atoms with Crippen LogP contribution in [0.4, 0.5) is 4.39 Å². The third kappa shape index (κ3) is 8.78. The molecule has 6 nitrogen and oxygen atoms in total. The van der Waals surface area contributed by atoms with Crippen LogP contribution in [0.5, 0.6) is 0 Å². The van der Waals surface area contributed by atoms with Gasteiger partial charge in [-0.2, -0.15) is 4.98 Å². The van der Waals surface area contributed by atoms with E-state index in [1.807, 2.05) is 29.2 Å². The summed E-state index contributed by atoms with van der Waals surface area (Å²) in [5.74, 6) is 0.129. The summed E-state index contributed by atoms with van der Waals surface area (Å²) in [4.78, 5) is 35.0. The Labute approximate surface area is 262 Å². The molecule has 0 fully saturated rings. The summed E-state index contributed by atoms with van der Waals surface area (Å²) in [5.41, 5.74) is 4.23. The fraction of sp³-hybridized carbons (Fsp3) is 0.324. The van der Waals surface area contributed by atoms with Crippen LogP contribution in [-0.4, -0.2) is 51.4 Å². The minimum Gasteiger partial charge on any atom is -0.333 e. The van der Waals surface area contributed by atoms with Gasteiger partial charge in [-0.25, -0.2) is 4.39 Å². The second-order valence-electron chi connectivity index (χ2n) is 10.5. The molecule has 43 heavy (non-hydrogen) atoms. The standard InChI is InChI=1S/C34H38ClFN4O2S/c1-5-38(6-2)19-20-40(25(4)27-9-11-28(12-10-27)29-13-15-30(35)16-14-29)32(41)22-39-21-24(3)33(42)37-34(39)43-23-26-7-17-31(36)18-8-26/h7-18,21,25H,5-6,19-20,22-23H2,1-4H3/t25-/m0/s1. The average Bonchev–Trinajstić information content (AvgIpc) is 3.01. The maximum atomic E-state index is 14.0. The van der Waals surface area contributed by atoms with Crippen LogP contribution in [0.2, 0.25) is 5.02 Å².